The van der Waals surface area contributed by atoms with Crippen molar-refractivity contribution in [1.29, 1.82) is 0 Å². The number of nitrogens with one attached hydrogen (secondary N) is 1. The quantitative estimate of drug-likeness (QED) is 0.836. The molecule has 2 aromatic carbocycles. The average Bonchev–Trinajstić information content (AvgIpc) is 2.66. The molecule has 0 unspecified atom stereocenters. The molecular formula is C21H27N3O2. The molecule has 1 atom stereocenters. The van der Waals surface area contributed by atoms with Crippen molar-refractivity contribution in [3.05, 3.63) is 42.5 Å². The van der Waals surface area contributed by atoms with Gasteiger partial charge in [0.15, 0.2) is 6.10 Å². The van der Waals surface area contributed by atoms with E-state index in [1.165, 1.54) is 0 Å². The maximum atomic E-state index is 12.3. The SMILES string of the molecule is CC(C)N1CCC(=NNC(=O)[C@H](C)Oc2ccc3ccccc3c2)CC1. The third kappa shape index (κ3) is 4.61. The molecular weight excluding hydrogens is 326 g/mol. The molecule has 0 saturated carbocycles. The molecule has 2 aromatic rings. The fourth-order valence-electron chi connectivity index (χ4n) is 3.13. The van der Waals surface area contributed by atoms with Crippen molar-refractivity contribution in [2.45, 2.75) is 45.8 Å². The number of carbonyl (C=O) groups excluding carboxylic acids is 1. The summed E-state index contributed by atoms with van der Waals surface area (Å²) in [5.41, 5.74) is 3.71. The average molecular weight is 353 g/mol. The topological polar surface area (TPSA) is 53.9 Å². The Hall–Kier alpha value is -2.40. The number of amides is 1. The van der Waals surface area contributed by atoms with Crippen LogP contribution in [0.15, 0.2) is 47.6 Å². The molecule has 1 heterocycles. The number of piperidine rings is 1. The van der Waals surface area contributed by atoms with E-state index >= 15 is 0 Å². The molecule has 0 radical (unpaired) electrons. The summed E-state index contributed by atoms with van der Waals surface area (Å²) in [5, 5.41) is 6.54. The van der Waals surface area contributed by atoms with Gasteiger partial charge in [-0.1, -0.05) is 30.3 Å². The van der Waals surface area contributed by atoms with E-state index in [4.69, 9.17) is 4.74 Å². The lowest BCUT2D eigenvalue weighted by Crippen LogP contribution is -2.40. The third-order valence-electron chi connectivity index (χ3n) is 4.83. The van der Waals surface area contributed by atoms with Crippen LogP contribution in [-0.2, 0) is 4.79 Å². The van der Waals surface area contributed by atoms with Crippen molar-refractivity contribution in [2.75, 3.05) is 13.1 Å². The Morgan fingerprint density at radius 2 is 1.77 bits per heavy atom. The van der Waals surface area contributed by atoms with Crippen molar-refractivity contribution in [1.82, 2.24) is 10.3 Å². The zero-order valence-corrected chi connectivity index (χ0v) is 15.7. The molecule has 138 valence electrons. The number of likely N-dealkylation sites (tertiary alicyclic amines) is 1. The molecule has 0 spiro atoms. The van der Waals surface area contributed by atoms with E-state index in [2.05, 4.69) is 35.3 Å². The van der Waals surface area contributed by atoms with Crippen LogP contribution in [-0.4, -0.2) is 41.8 Å². The van der Waals surface area contributed by atoms with Crippen LogP contribution in [0.25, 0.3) is 10.8 Å². The van der Waals surface area contributed by atoms with Crippen molar-refractivity contribution in [3.63, 3.8) is 0 Å². The van der Waals surface area contributed by atoms with E-state index in [0.29, 0.717) is 11.8 Å². The van der Waals surface area contributed by atoms with Crippen LogP contribution >= 0.6 is 0 Å². The minimum Gasteiger partial charge on any atom is -0.481 e. The van der Waals surface area contributed by atoms with Gasteiger partial charge in [0.1, 0.15) is 5.75 Å². The number of benzene rings is 2. The number of fused-ring (bicyclic) bond motifs is 1. The number of rotatable bonds is 5. The first-order valence-corrected chi connectivity index (χ1v) is 9.28. The molecule has 26 heavy (non-hydrogen) atoms. The third-order valence-corrected chi connectivity index (χ3v) is 4.83. The highest BCUT2D eigenvalue weighted by atomic mass is 16.5. The summed E-state index contributed by atoms with van der Waals surface area (Å²) in [6, 6.07) is 14.5. The minimum atomic E-state index is -0.601. The summed E-state index contributed by atoms with van der Waals surface area (Å²) in [7, 11) is 0. The molecule has 1 aliphatic rings. The number of hydrogen-bond donors (Lipinski definition) is 1. The predicted molar refractivity (Wildman–Crippen MR) is 106 cm³/mol. The van der Waals surface area contributed by atoms with Crippen LogP contribution in [0.5, 0.6) is 5.75 Å². The molecule has 1 aliphatic heterocycles. The summed E-state index contributed by atoms with van der Waals surface area (Å²) >= 11 is 0. The number of ether oxygens (including phenoxy) is 1. The predicted octanol–water partition coefficient (Wildman–Crippen LogP) is 3.58. The first kappa shape index (κ1) is 18.4. The fraction of sp³-hybridized carbons (Fsp3) is 0.429. The second-order valence-electron chi connectivity index (χ2n) is 7.05. The molecule has 0 aliphatic carbocycles. The maximum absolute atomic E-state index is 12.3. The van der Waals surface area contributed by atoms with Gasteiger partial charge < -0.3 is 9.64 Å². The number of hydrazone groups is 1. The second kappa shape index (κ2) is 8.32. The molecule has 1 amide bonds. The van der Waals surface area contributed by atoms with Crippen molar-refractivity contribution >= 4 is 22.4 Å². The Bertz CT molecular complexity index is 791. The van der Waals surface area contributed by atoms with Gasteiger partial charge in [-0.3, -0.25) is 4.79 Å². The van der Waals surface area contributed by atoms with Crippen molar-refractivity contribution < 1.29 is 9.53 Å². The number of nitrogens with zero attached hydrogens (tertiary/aromatic N) is 2. The molecule has 0 aromatic heterocycles. The van der Waals surface area contributed by atoms with Crippen LogP contribution < -0.4 is 10.2 Å². The van der Waals surface area contributed by atoms with Gasteiger partial charge in [0.05, 0.1) is 0 Å². The Morgan fingerprint density at radius 3 is 2.46 bits per heavy atom. The van der Waals surface area contributed by atoms with Gasteiger partial charge in [0.25, 0.3) is 5.91 Å². The first-order chi connectivity index (χ1) is 12.5. The largest absolute Gasteiger partial charge is 0.481 e. The van der Waals surface area contributed by atoms with Crippen molar-refractivity contribution in [3.8, 4) is 5.75 Å². The lowest BCUT2D eigenvalue weighted by Gasteiger charge is -2.30. The van der Waals surface area contributed by atoms with Gasteiger partial charge in [-0.05, 0) is 43.7 Å². The van der Waals surface area contributed by atoms with Gasteiger partial charge in [0, 0.05) is 37.7 Å². The Kier molecular flexibility index (Phi) is 5.89. The van der Waals surface area contributed by atoms with Gasteiger partial charge in [-0.15, -0.1) is 0 Å². The molecule has 1 fully saturated rings. The van der Waals surface area contributed by atoms with Crippen LogP contribution in [0.4, 0.5) is 0 Å². The first-order valence-electron chi connectivity index (χ1n) is 9.28. The standard InChI is InChI=1S/C21H27N3O2/c1-15(2)24-12-10-19(11-13-24)22-23-21(25)16(3)26-20-9-8-17-6-4-5-7-18(17)14-20/h4-9,14-16H,10-13H2,1-3H3,(H,23,25)/t16-/m0/s1. The summed E-state index contributed by atoms with van der Waals surface area (Å²) in [4.78, 5) is 14.7. The lowest BCUT2D eigenvalue weighted by molar-refractivity contribution is -0.127. The molecule has 0 bridgehead atoms. The lowest BCUT2D eigenvalue weighted by atomic mass is 10.1. The van der Waals surface area contributed by atoms with Crippen LogP contribution in [0, 0.1) is 0 Å². The zero-order valence-electron chi connectivity index (χ0n) is 15.7. The van der Waals surface area contributed by atoms with Gasteiger partial charge >= 0.3 is 0 Å². The molecule has 5 nitrogen and oxygen atoms in total. The van der Waals surface area contributed by atoms with Gasteiger partial charge in [0.2, 0.25) is 0 Å². The monoisotopic (exact) mass is 353 g/mol. The molecule has 5 heteroatoms. The number of hydrogen-bond acceptors (Lipinski definition) is 4. The smallest absolute Gasteiger partial charge is 0.280 e. The maximum Gasteiger partial charge on any atom is 0.280 e. The second-order valence-corrected chi connectivity index (χ2v) is 7.05. The van der Waals surface area contributed by atoms with E-state index in [1.807, 2.05) is 36.4 Å². The van der Waals surface area contributed by atoms with E-state index in [-0.39, 0.29) is 5.91 Å². The Morgan fingerprint density at radius 1 is 1.08 bits per heavy atom. The van der Waals surface area contributed by atoms with Crippen LogP contribution in [0.2, 0.25) is 0 Å². The normalized spacial score (nSPS) is 16.5. The fourth-order valence-corrected chi connectivity index (χ4v) is 3.13. The van der Waals surface area contributed by atoms with E-state index in [1.54, 1.807) is 6.92 Å². The summed E-state index contributed by atoms with van der Waals surface area (Å²) in [6.07, 6.45) is 1.20. The number of carbonyl (C=O) groups is 1. The summed E-state index contributed by atoms with van der Waals surface area (Å²) in [5.74, 6) is 0.459. The molecule has 3 rings (SSSR count). The molecule has 1 N–H and O–H groups in total. The van der Waals surface area contributed by atoms with Crippen LogP contribution in [0.3, 0.4) is 0 Å². The van der Waals surface area contributed by atoms with Crippen molar-refractivity contribution in [2.24, 2.45) is 5.10 Å². The highest BCUT2D eigenvalue weighted by molar-refractivity contribution is 5.88. The van der Waals surface area contributed by atoms with Crippen LogP contribution in [0.1, 0.15) is 33.6 Å². The summed E-state index contributed by atoms with van der Waals surface area (Å²) in [6.45, 7) is 8.14. The summed E-state index contributed by atoms with van der Waals surface area (Å²) < 4.78 is 5.78. The zero-order chi connectivity index (χ0) is 18.5. The van der Waals surface area contributed by atoms with Gasteiger partial charge in [-0.25, -0.2) is 5.43 Å². The van der Waals surface area contributed by atoms with Gasteiger partial charge in [-0.2, -0.15) is 5.10 Å². The minimum absolute atomic E-state index is 0.225. The highest BCUT2D eigenvalue weighted by Gasteiger charge is 2.18. The highest BCUT2D eigenvalue weighted by Crippen LogP contribution is 2.21. The van der Waals surface area contributed by atoms with E-state index in [9.17, 15) is 4.79 Å². The Labute approximate surface area is 155 Å². The molecule has 1 saturated heterocycles. The van der Waals surface area contributed by atoms with E-state index < -0.39 is 6.10 Å². The van der Waals surface area contributed by atoms with E-state index in [0.717, 1.165) is 42.4 Å². The Balaban J connectivity index is 1.53.